The second kappa shape index (κ2) is 10.1. The van der Waals surface area contributed by atoms with Crippen LogP contribution in [0.15, 0.2) is 66.2 Å². The molecule has 0 radical (unpaired) electrons. The van der Waals surface area contributed by atoms with E-state index in [-0.39, 0.29) is 5.78 Å². The summed E-state index contributed by atoms with van der Waals surface area (Å²) in [5, 5.41) is 10.9. The second-order valence-corrected chi connectivity index (χ2v) is 11.2. The lowest BCUT2D eigenvalue weighted by Crippen LogP contribution is -2.46. The molecule has 0 unspecified atom stereocenters. The monoisotopic (exact) mass is 497 g/mol. The number of Topliss-reactive ketones (excluding diaryl/α,β-unsaturated/α-hetero) is 1. The molecule has 1 saturated heterocycles. The Kier molecular flexibility index (Phi) is 6.86. The van der Waals surface area contributed by atoms with Gasteiger partial charge in [-0.1, -0.05) is 54.6 Å². The number of likely N-dealkylation sites (tertiary alicyclic amines) is 1. The second-order valence-electron chi connectivity index (χ2n) is 11.2. The summed E-state index contributed by atoms with van der Waals surface area (Å²) in [7, 11) is 0. The number of rotatable bonds is 4. The summed E-state index contributed by atoms with van der Waals surface area (Å²) in [5.41, 5.74) is 3.74. The van der Waals surface area contributed by atoms with Gasteiger partial charge in [0.1, 0.15) is 0 Å². The van der Waals surface area contributed by atoms with Crippen LogP contribution in [0.25, 0.3) is 10.9 Å². The molecule has 2 aliphatic rings. The summed E-state index contributed by atoms with van der Waals surface area (Å²) in [6, 6.07) is 18.1. The van der Waals surface area contributed by atoms with E-state index in [1.807, 2.05) is 51.1 Å². The lowest BCUT2D eigenvalue weighted by molar-refractivity contribution is 0.102. The zero-order chi connectivity index (χ0) is 26.2. The number of allylic oxidation sites excluding steroid dienone is 2. The van der Waals surface area contributed by atoms with Crippen LogP contribution in [0.1, 0.15) is 61.6 Å². The number of aryl methyl sites for hydroxylation is 1. The molecule has 0 saturated carbocycles. The highest BCUT2D eigenvalue weighted by Gasteiger charge is 2.37. The number of aromatic nitrogens is 1. The smallest absolute Gasteiger partial charge is 0.412 e. The quantitative estimate of drug-likeness (QED) is 0.417. The maximum atomic E-state index is 14.0. The number of amides is 1. The minimum Gasteiger partial charge on any atom is -0.465 e. The topological polar surface area (TPSA) is 73.7 Å². The fraction of sp³-hybridized carbons (Fsp3) is 0.387. The molecule has 2 heterocycles. The number of pyridine rings is 1. The van der Waals surface area contributed by atoms with Crippen molar-refractivity contribution in [2.75, 3.05) is 18.0 Å². The van der Waals surface area contributed by atoms with Crippen molar-refractivity contribution in [3.8, 4) is 0 Å². The molecule has 0 atom stereocenters. The predicted molar refractivity (Wildman–Crippen MR) is 147 cm³/mol. The Hall–Kier alpha value is -3.51. The van der Waals surface area contributed by atoms with Crippen LogP contribution in [-0.2, 0) is 13.0 Å². The molecular formula is C31H35N3O3. The van der Waals surface area contributed by atoms with Crippen LogP contribution in [0, 0.1) is 5.92 Å². The van der Waals surface area contributed by atoms with Crippen LogP contribution in [0.5, 0.6) is 0 Å². The maximum absolute atomic E-state index is 14.0. The van der Waals surface area contributed by atoms with Gasteiger partial charge in [0.15, 0.2) is 5.78 Å². The van der Waals surface area contributed by atoms with Crippen molar-refractivity contribution in [2.45, 2.75) is 58.5 Å². The van der Waals surface area contributed by atoms with Crippen molar-refractivity contribution in [3.63, 3.8) is 0 Å². The minimum atomic E-state index is -1.07. The molecule has 6 nitrogen and oxygen atoms in total. The van der Waals surface area contributed by atoms with Gasteiger partial charge in [0.05, 0.1) is 22.5 Å². The summed E-state index contributed by atoms with van der Waals surface area (Å²) < 4.78 is 0. The van der Waals surface area contributed by atoms with Crippen molar-refractivity contribution < 1.29 is 14.7 Å². The number of piperidine rings is 1. The van der Waals surface area contributed by atoms with Crippen molar-refractivity contribution in [2.24, 2.45) is 5.92 Å². The van der Waals surface area contributed by atoms with Gasteiger partial charge in [-0.25, -0.2) is 4.79 Å². The van der Waals surface area contributed by atoms with Crippen molar-refractivity contribution in [3.05, 3.63) is 83.1 Å². The average Bonchev–Trinajstić information content (AvgIpc) is 2.86. The number of hydrogen-bond acceptors (Lipinski definition) is 4. The lowest BCUT2D eigenvalue weighted by Gasteiger charge is -2.36. The van der Waals surface area contributed by atoms with Gasteiger partial charge in [0.2, 0.25) is 0 Å². The molecule has 1 aromatic heterocycles. The highest BCUT2D eigenvalue weighted by molar-refractivity contribution is 6.19. The number of anilines is 1. The number of benzene rings is 2. The Bertz CT molecular complexity index is 1350. The van der Waals surface area contributed by atoms with Gasteiger partial charge in [0.25, 0.3) is 0 Å². The number of ketones is 1. The van der Waals surface area contributed by atoms with E-state index in [1.54, 1.807) is 0 Å². The predicted octanol–water partition coefficient (Wildman–Crippen LogP) is 6.49. The van der Waals surface area contributed by atoms with Crippen molar-refractivity contribution in [1.29, 1.82) is 0 Å². The number of carbonyl (C=O) groups excluding carboxylic acids is 1. The summed E-state index contributed by atoms with van der Waals surface area (Å²) in [6.45, 7) is 8.53. The van der Waals surface area contributed by atoms with Gasteiger partial charge in [0, 0.05) is 17.5 Å². The third-order valence-corrected chi connectivity index (χ3v) is 7.49. The van der Waals surface area contributed by atoms with Gasteiger partial charge in [-0.15, -0.1) is 0 Å². The number of para-hydroxylation sites is 1. The largest absolute Gasteiger partial charge is 0.465 e. The third-order valence-electron chi connectivity index (χ3n) is 7.49. The Morgan fingerprint density at radius 2 is 1.73 bits per heavy atom. The number of carbonyl (C=O) groups is 2. The summed E-state index contributed by atoms with van der Waals surface area (Å²) in [5.74, 6) is 0.277. The molecule has 0 bridgehead atoms. The van der Waals surface area contributed by atoms with Crippen LogP contribution in [0.4, 0.5) is 10.5 Å². The number of carboxylic acid groups (broad SMARTS) is 1. The van der Waals surface area contributed by atoms with Gasteiger partial charge in [-0.3, -0.25) is 19.6 Å². The summed E-state index contributed by atoms with van der Waals surface area (Å²) in [4.78, 5) is 35.1. The zero-order valence-corrected chi connectivity index (χ0v) is 21.9. The van der Waals surface area contributed by atoms with Gasteiger partial charge < -0.3 is 5.11 Å². The fourth-order valence-corrected chi connectivity index (χ4v) is 5.70. The Morgan fingerprint density at radius 1 is 1.05 bits per heavy atom. The molecule has 1 N–H and O–H groups in total. The minimum absolute atomic E-state index is 0.0725. The van der Waals surface area contributed by atoms with E-state index in [2.05, 4.69) is 35.2 Å². The Morgan fingerprint density at radius 3 is 2.41 bits per heavy atom. The van der Waals surface area contributed by atoms with Crippen LogP contribution in [0.3, 0.4) is 0 Å². The first-order valence-electron chi connectivity index (χ1n) is 13.2. The molecule has 6 heteroatoms. The first-order chi connectivity index (χ1) is 17.7. The van der Waals surface area contributed by atoms with Crippen LogP contribution < -0.4 is 4.90 Å². The molecule has 1 amide bonds. The van der Waals surface area contributed by atoms with E-state index >= 15 is 0 Å². The first kappa shape index (κ1) is 25.2. The molecule has 1 aliphatic carbocycles. The van der Waals surface area contributed by atoms with Crippen molar-refractivity contribution in [1.82, 2.24) is 9.88 Å². The fourth-order valence-electron chi connectivity index (χ4n) is 5.70. The molecule has 5 rings (SSSR count). The molecule has 192 valence electrons. The van der Waals surface area contributed by atoms with E-state index in [0.29, 0.717) is 41.1 Å². The molecular weight excluding hydrogens is 462 g/mol. The lowest BCUT2D eigenvalue weighted by atomic mass is 9.83. The highest BCUT2D eigenvalue weighted by Crippen LogP contribution is 2.40. The standard InChI is InChI=1S/C31H35N3O3/c1-31(2,3)34(30(36)37)28-24-11-7-8-12-25(24)32-26-14-13-23(29(35)27(26)28)19-21-15-17-33(18-16-21)20-22-9-5-4-6-10-22/h4-12,19,21H,13-18,20H2,1-3H3,(H,36,37). The first-order valence-corrected chi connectivity index (χ1v) is 13.2. The normalized spacial score (nSPS) is 18.2. The highest BCUT2D eigenvalue weighted by atomic mass is 16.4. The van der Waals surface area contributed by atoms with Crippen LogP contribution in [0.2, 0.25) is 0 Å². The molecule has 2 aromatic carbocycles. The van der Waals surface area contributed by atoms with E-state index < -0.39 is 11.6 Å². The van der Waals surface area contributed by atoms with Crippen molar-refractivity contribution >= 4 is 28.5 Å². The third kappa shape index (κ3) is 5.16. The average molecular weight is 498 g/mol. The summed E-state index contributed by atoms with van der Waals surface area (Å²) in [6.07, 6.45) is 4.41. The SMILES string of the molecule is CC(C)(C)N(C(=O)O)c1c2c(nc3ccccc13)CCC(=CC1CCN(Cc3ccccc3)CC1)C2=O. The van der Waals surface area contributed by atoms with E-state index in [4.69, 9.17) is 4.98 Å². The van der Waals surface area contributed by atoms with Gasteiger partial charge in [-0.2, -0.15) is 0 Å². The van der Waals surface area contributed by atoms with Crippen LogP contribution >= 0.6 is 0 Å². The van der Waals surface area contributed by atoms with Gasteiger partial charge >= 0.3 is 6.09 Å². The van der Waals surface area contributed by atoms with Gasteiger partial charge in [-0.05, 0) is 82.7 Å². The summed E-state index contributed by atoms with van der Waals surface area (Å²) >= 11 is 0. The van der Waals surface area contributed by atoms with E-state index in [9.17, 15) is 14.7 Å². The van der Waals surface area contributed by atoms with E-state index in [1.165, 1.54) is 10.5 Å². The number of hydrogen-bond donors (Lipinski definition) is 1. The molecule has 1 aliphatic heterocycles. The Labute approximate surface area is 218 Å². The van der Waals surface area contributed by atoms with E-state index in [0.717, 1.165) is 43.6 Å². The maximum Gasteiger partial charge on any atom is 0.412 e. The van der Waals surface area contributed by atoms with Crippen LogP contribution in [-0.4, -0.2) is 45.5 Å². The Balaban J connectivity index is 1.45. The number of nitrogens with zero attached hydrogens (tertiary/aromatic N) is 3. The number of fused-ring (bicyclic) bond motifs is 2. The molecule has 0 spiro atoms. The molecule has 3 aromatic rings. The zero-order valence-electron chi connectivity index (χ0n) is 21.9. The molecule has 37 heavy (non-hydrogen) atoms. The molecule has 1 fully saturated rings.